The largest absolute Gasteiger partial charge is 0.462 e. The summed E-state index contributed by atoms with van der Waals surface area (Å²) in [5, 5.41) is 9.06. The van der Waals surface area contributed by atoms with E-state index in [9.17, 15) is 4.79 Å². The van der Waals surface area contributed by atoms with E-state index in [1.165, 1.54) is 6.08 Å². The molecule has 0 bridgehead atoms. The van der Waals surface area contributed by atoms with Crippen LogP contribution in [-0.2, 0) is 9.53 Å². The maximum Gasteiger partial charge on any atom is 0.332 e. The highest BCUT2D eigenvalue weighted by Crippen LogP contribution is 2.18. The summed E-state index contributed by atoms with van der Waals surface area (Å²) in [6.45, 7) is 4.26. The number of carbonyl (C=O) groups is 1. The number of allylic oxidation sites excluding steroid dienone is 1. The molecule has 0 aliphatic rings. The number of nitriles is 1. The van der Waals surface area contributed by atoms with E-state index in [2.05, 4.69) is 15.9 Å². The van der Waals surface area contributed by atoms with Gasteiger partial charge in [0.25, 0.3) is 0 Å². The number of ether oxygens (including phenoxy) is 1. The summed E-state index contributed by atoms with van der Waals surface area (Å²) < 4.78 is 5.87. The molecule has 0 saturated carbocycles. The third-order valence-electron chi connectivity index (χ3n) is 2.08. The average Bonchev–Trinajstić information content (AvgIpc) is 2.33. The van der Waals surface area contributed by atoms with Crippen LogP contribution in [0.25, 0.3) is 5.57 Å². The molecule has 1 aromatic rings. The van der Waals surface area contributed by atoms with Gasteiger partial charge in [-0.05, 0) is 23.6 Å². The van der Waals surface area contributed by atoms with E-state index in [1.54, 1.807) is 12.1 Å². The van der Waals surface area contributed by atoms with Crippen LogP contribution in [0.3, 0.4) is 0 Å². The van der Waals surface area contributed by atoms with Crippen LogP contribution < -0.4 is 0 Å². The first-order valence-electron chi connectivity index (χ1n) is 5.57. The van der Waals surface area contributed by atoms with Gasteiger partial charge in [-0.15, -0.1) is 0 Å². The molecule has 1 rings (SSSR count). The van der Waals surface area contributed by atoms with Gasteiger partial charge >= 0.3 is 5.97 Å². The Morgan fingerprint density at radius 2 is 2.28 bits per heavy atom. The normalized spacial score (nSPS) is 11.2. The molecule has 0 aromatic heterocycles. The minimum atomic E-state index is -0.486. The van der Waals surface area contributed by atoms with E-state index in [0.29, 0.717) is 17.7 Å². The summed E-state index contributed by atoms with van der Waals surface area (Å²) >= 11 is 3.32. The number of halogens is 1. The topological polar surface area (TPSA) is 50.1 Å². The van der Waals surface area contributed by atoms with Crippen molar-refractivity contribution in [2.45, 2.75) is 13.8 Å². The van der Waals surface area contributed by atoms with Crippen molar-refractivity contribution in [1.82, 2.24) is 0 Å². The highest BCUT2D eigenvalue weighted by atomic mass is 79.9. The van der Waals surface area contributed by atoms with Crippen LogP contribution in [0.4, 0.5) is 0 Å². The second kappa shape index (κ2) is 6.97. The molecular formula is C14H14BrNO2. The van der Waals surface area contributed by atoms with Crippen molar-refractivity contribution in [2.75, 3.05) is 6.61 Å². The van der Waals surface area contributed by atoms with Crippen molar-refractivity contribution in [3.8, 4) is 6.07 Å². The molecule has 4 heteroatoms. The second-order valence-corrected chi connectivity index (χ2v) is 5.12. The number of rotatable bonds is 4. The summed E-state index contributed by atoms with van der Waals surface area (Å²) in [6, 6.07) is 9.23. The Morgan fingerprint density at radius 3 is 2.83 bits per heavy atom. The zero-order valence-corrected chi connectivity index (χ0v) is 11.9. The lowest BCUT2D eigenvalue weighted by Crippen LogP contribution is -2.07. The molecule has 0 heterocycles. The minimum absolute atomic E-state index is 0.277. The molecule has 0 fully saturated rings. The van der Waals surface area contributed by atoms with Gasteiger partial charge in [-0.25, -0.2) is 4.79 Å². The van der Waals surface area contributed by atoms with Crippen LogP contribution in [-0.4, -0.2) is 12.6 Å². The molecule has 0 aliphatic carbocycles. The van der Waals surface area contributed by atoms with Gasteiger partial charge < -0.3 is 4.74 Å². The Labute approximate surface area is 115 Å². The zero-order valence-electron chi connectivity index (χ0n) is 10.3. The first-order chi connectivity index (χ1) is 8.52. The van der Waals surface area contributed by atoms with Gasteiger partial charge in [-0.2, -0.15) is 5.26 Å². The van der Waals surface area contributed by atoms with Crippen LogP contribution in [0.1, 0.15) is 19.4 Å². The van der Waals surface area contributed by atoms with E-state index in [-0.39, 0.29) is 5.92 Å². The standard InChI is InChI=1S/C14H14BrNO2/c1-10(2)9-18-14(17)7-12(8-16)11-4-3-5-13(15)6-11/h3-7,10H,9H2,1-2H3. The fraction of sp³-hybridized carbons (Fsp3) is 0.286. The maximum atomic E-state index is 11.5. The Hall–Kier alpha value is -1.60. The number of carbonyl (C=O) groups excluding carboxylic acids is 1. The van der Waals surface area contributed by atoms with Crippen molar-refractivity contribution in [3.63, 3.8) is 0 Å². The summed E-state index contributed by atoms with van der Waals surface area (Å²) in [5.41, 5.74) is 0.985. The Balaban J connectivity index is 2.84. The fourth-order valence-electron chi connectivity index (χ4n) is 1.24. The summed E-state index contributed by atoms with van der Waals surface area (Å²) in [6.07, 6.45) is 1.23. The van der Waals surface area contributed by atoms with E-state index >= 15 is 0 Å². The molecule has 0 atom stereocenters. The quantitative estimate of drug-likeness (QED) is 0.485. The van der Waals surface area contributed by atoms with E-state index < -0.39 is 5.97 Å². The lowest BCUT2D eigenvalue weighted by molar-refractivity contribution is -0.138. The van der Waals surface area contributed by atoms with E-state index in [1.807, 2.05) is 32.0 Å². The number of hydrogen-bond acceptors (Lipinski definition) is 3. The van der Waals surface area contributed by atoms with Gasteiger partial charge in [-0.1, -0.05) is 41.9 Å². The average molecular weight is 308 g/mol. The van der Waals surface area contributed by atoms with Gasteiger partial charge in [0.15, 0.2) is 0 Å². The van der Waals surface area contributed by atoms with Crippen LogP contribution >= 0.6 is 15.9 Å². The highest BCUT2D eigenvalue weighted by Gasteiger charge is 2.06. The first-order valence-corrected chi connectivity index (χ1v) is 6.36. The number of nitrogens with zero attached hydrogens (tertiary/aromatic N) is 1. The molecule has 0 saturated heterocycles. The van der Waals surface area contributed by atoms with E-state index in [0.717, 1.165) is 4.47 Å². The molecule has 0 N–H and O–H groups in total. The maximum absolute atomic E-state index is 11.5. The van der Waals surface area contributed by atoms with Crippen LogP contribution in [0.5, 0.6) is 0 Å². The van der Waals surface area contributed by atoms with Crippen molar-refractivity contribution in [2.24, 2.45) is 5.92 Å². The third kappa shape index (κ3) is 4.72. The SMILES string of the molecule is CC(C)COC(=O)C=C(C#N)c1cccc(Br)c1. The minimum Gasteiger partial charge on any atom is -0.462 e. The van der Waals surface area contributed by atoms with Gasteiger partial charge in [0.2, 0.25) is 0 Å². The van der Waals surface area contributed by atoms with Crippen LogP contribution in [0, 0.1) is 17.2 Å². The Bertz CT molecular complexity index is 501. The lowest BCUT2D eigenvalue weighted by Gasteiger charge is -2.05. The zero-order chi connectivity index (χ0) is 13.5. The van der Waals surface area contributed by atoms with Crippen molar-refractivity contribution in [3.05, 3.63) is 40.4 Å². The molecule has 3 nitrogen and oxygen atoms in total. The molecule has 18 heavy (non-hydrogen) atoms. The van der Waals surface area contributed by atoms with Crippen molar-refractivity contribution < 1.29 is 9.53 Å². The molecule has 94 valence electrons. The van der Waals surface area contributed by atoms with Gasteiger partial charge in [-0.3, -0.25) is 0 Å². The molecule has 0 radical (unpaired) electrons. The highest BCUT2D eigenvalue weighted by molar-refractivity contribution is 9.10. The van der Waals surface area contributed by atoms with Crippen LogP contribution in [0.2, 0.25) is 0 Å². The molecular weight excluding hydrogens is 294 g/mol. The van der Waals surface area contributed by atoms with Gasteiger partial charge in [0, 0.05) is 10.5 Å². The van der Waals surface area contributed by atoms with Crippen LogP contribution in [0.15, 0.2) is 34.8 Å². The molecule has 1 aromatic carbocycles. The smallest absolute Gasteiger partial charge is 0.332 e. The molecule has 0 spiro atoms. The first kappa shape index (κ1) is 14.5. The number of esters is 1. The summed E-state index contributed by atoms with van der Waals surface area (Å²) in [4.78, 5) is 11.5. The Kier molecular flexibility index (Phi) is 5.60. The number of hydrogen-bond donors (Lipinski definition) is 0. The molecule has 0 aliphatic heterocycles. The predicted octanol–water partition coefficient (Wildman–Crippen LogP) is 3.56. The summed E-state index contributed by atoms with van der Waals surface area (Å²) in [5.74, 6) is -0.209. The van der Waals surface area contributed by atoms with Gasteiger partial charge in [0.05, 0.1) is 12.2 Å². The van der Waals surface area contributed by atoms with E-state index in [4.69, 9.17) is 10.00 Å². The lowest BCUT2D eigenvalue weighted by atomic mass is 10.1. The summed E-state index contributed by atoms with van der Waals surface area (Å²) in [7, 11) is 0. The number of benzene rings is 1. The van der Waals surface area contributed by atoms with Crippen molar-refractivity contribution in [1.29, 1.82) is 5.26 Å². The van der Waals surface area contributed by atoms with Crippen molar-refractivity contribution >= 4 is 27.5 Å². The van der Waals surface area contributed by atoms with Gasteiger partial charge in [0.1, 0.15) is 6.07 Å². The third-order valence-corrected chi connectivity index (χ3v) is 2.57. The second-order valence-electron chi connectivity index (χ2n) is 4.20. The monoisotopic (exact) mass is 307 g/mol. The molecule has 0 amide bonds. The Morgan fingerprint density at radius 1 is 1.56 bits per heavy atom. The predicted molar refractivity (Wildman–Crippen MR) is 73.5 cm³/mol. The molecule has 0 unspecified atom stereocenters. The fourth-order valence-corrected chi connectivity index (χ4v) is 1.64.